The number of rotatable bonds is 3. The molecule has 0 atom stereocenters. The second-order valence-corrected chi connectivity index (χ2v) is 5.47. The highest BCUT2D eigenvalue weighted by atomic mass is 16.1. The lowest BCUT2D eigenvalue weighted by Crippen LogP contribution is -2.48. The van der Waals surface area contributed by atoms with E-state index >= 15 is 0 Å². The standard InChI is InChI=1S/C16H18N2O/c17-16(9-4-10-16)11-15(19)18-14-8-3-6-12-5-1-2-7-13(12)14/h1-3,5-8H,4,9-11,17H2,(H,18,19). The molecule has 1 fully saturated rings. The fraction of sp³-hybridized carbons (Fsp3) is 0.312. The quantitative estimate of drug-likeness (QED) is 0.884. The van der Waals surface area contributed by atoms with E-state index in [1.807, 2.05) is 42.5 Å². The van der Waals surface area contributed by atoms with Crippen LogP contribution in [0.1, 0.15) is 25.7 Å². The van der Waals surface area contributed by atoms with Crippen LogP contribution in [0.3, 0.4) is 0 Å². The minimum absolute atomic E-state index is 0.0125. The third-order valence-electron chi connectivity index (χ3n) is 3.93. The van der Waals surface area contributed by atoms with Crippen LogP contribution in [0.5, 0.6) is 0 Å². The summed E-state index contributed by atoms with van der Waals surface area (Å²) in [5, 5.41) is 5.19. The van der Waals surface area contributed by atoms with Crippen LogP contribution in [0, 0.1) is 0 Å². The van der Waals surface area contributed by atoms with Crippen molar-refractivity contribution in [3.63, 3.8) is 0 Å². The van der Waals surface area contributed by atoms with Gasteiger partial charge >= 0.3 is 0 Å². The third-order valence-corrected chi connectivity index (χ3v) is 3.93. The van der Waals surface area contributed by atoms with Crippen LogP contribution < -0.4 is 11.1 Å². The third kappa shape index (κ3) is 2.47. The highest BCUT2D eigenvalue weighted by molar-refractivity contribution is 6.02. The van der Waals surface area contributed by atoms with E-state index in [2.05, 4.69) is 5.32 Å². The maximum absolute atomic E-state index is 12.1. The first kappa shape index (κ1) is 12.2. The minimum Gasteiger partial charge on any atom is -0.325 e. The Labute approximate surface area is 112 Å². The van der Waals surface area contributed by atoms with E-state index in [1.54, 1.807) is 0 Å². The Balaban J connectivity index is 1.79. The second-order valence-electron chi connectivity index (χ2n) is 5.47. The molecule has 98 valence electrons. The smallest absolute Gasteiger partial charge is 0.226 e. The molecule has 0 spiro atoms. The summed E-state index contributed by atoms with van der Waals surface area (Å²) in [6.07, 6.45) is 3.46. The highest BCUT2D eigenvalue weighted by Crippen LogP contribution is 2.32. The van der Waals surface area contributed by atoms with Crippen LogP contribution in [0.2, 0.25) is 0 Å². The number of nitrogens with two attached hydrogens (primary N) is 1. The Morgan fingerprint density at radius 3 is 2.63 bits per heavy atom. The molecule has 0 aromatic heterocycles. The van der Waals surface area contributed by atoms with Gasteiger partial charge in [-0.3, -0.25) is 4.79 Å². The van der Waals surface area contributed by atoms with Crippen molar-refractivity contribution < 1.29 is 4.79 Å². The zero-order valence-electron chi connectivity index (χ0n) is 10.9. The molecule has 0 unspecified atom stereocenters. The van der Waals surface area contributed by atoms with E-state index in [0.29, 0.717) is 6.42 Å². The SMILES string of the molecule is NC1(CC(=O)Nc2cccc3ccccc23)CCC1. The van der Waals surface area contributed by atoms with Gasteiger partial charge in [-0.15, -0.1) is 0 Å². The van der Waals surface area contributed by atoms with Crippen LogP contribution >= 0.6 is 0 Å². The molecule has 0 radical (unpaired) electrons. The molecule has 19 heavy (non-hydrogen) atoms. The van der Waals surface area contributed by atoms with Crippen LogP contribution in [0.15, 0.2) is 42.5 Å². The van der Waals surface area contributed by atoms with Crippen molar-refractivity contribution in [2.45, 2.75) is 31.2 Å². The second kappa shape index (κ2) is 4.67. The first-order valence-corrected chi connectivity index (χ1v) is 6.73. The number of benzene rings is 2. The number of nitrogens with one attached hydrogen (secondary N) is 1. The highest BCUT2D eigenvalue weighted by Gasteiger charge is 2.34. The van der Waals surface area contributed by atoms with Crippen molar-refractivity contribution in [2.24, 2.45) is 5.73 Å². The van der Waals surface area contributed by atoms with Gasteiger partial charge in [0.15, 0.2) is 0 Å². The molecule has 2 aromatic carbocycles. The molecule has 3 rings (SSSR count). The molecule has 2 aromatic rings. The zero-order chi connectivity index (χ0) is 13.3. The average Bonchev–Trinajstić information content (AvgIpc) is 2.37. The Morgan fingerprint density at radius 1 is 1.16 bits per heavy atom. The summed E-state index contributed by atoms with van der Waals surface area (Å²) in [7, 11) is 0. The van der Waals surface area contributed by atoms with Crippen LogP contribution in [0.4, 0.5) is 5.69 Å². The molecule has 3 nitrogen and oxygen atoms in total. The van der Waals surface area contributed by atoms with Gasteiger partial charge in [0.05, 0.1) is 0 Å². The van der Waals surface area contributed by atoms with Crippen LogP contribution in [-0.4, -0.2) is 11.4 Å². The fourth-order valence-corrected chi connectivity index (χ4v) is 2.66. The van der Waals surface area contributed by atoms with Gasteiger partial charge in [0.2, 0.25) is 5.91 Å². The van der Waals surface area contributed by atoms with Gasteiger partial charge < -0.3 is 11.1 Å². The largest absolute Gasteiger partial charge is 0.325 e. The average molecular weight is 254 g/mol. The normalized spacial score (nSPS) is 16.9. The monoisotopic (exact) mass is 254 g/mol. The van der Waals surface area contributed by atoms with Gasteiger partial charge in [-0.05, 0) is 30.7 Å². The summed E-state index contributed by atoms with van der Waals surface area (Å²) in [5.74, 6) is 0.0125. The number of anilines is 1. The predicted molar refractivity (Wildman–Crippen MR) is 78.0 cm³/mol. The molecular formula is C16H18N2O. The summed E-state index contributed by atoms with van der Waals surface area (Å²) < 4.78 is 0. The number of hydrogen-bond donors (Lipinski definition) is 2. The number of hydrogen-bond acceptors (Lipinski definition) is 2. The number of amides is 1. The van der Waals surface area contributed by atoms with Gasteiger partial charge in [0.1, 0.15) is 0 Å². The first-order chi connectivity index (χ1) is 9.16. The lowest BCUT2D eigenvalue weighted by Gasteiger charge is -2.37. The van der Waals surface area contributed by atoms with Crippen molar-refractivity contribution in [2.75, 3.05) is 5.32 Å². The lowest BCUT2D eigenvalue weighted by atomic mass is 9.75. The van der Waals surface area contributed by atoms with E-state index in [0.717, 1.165) is 35.7 Å². The maximum Gasteiger partial charge on any atom is 0.226 e. The van der Waals surface area contributed by atoms with E-state index in [-0.39, 0.29) is 11.4 Å². The molecule has 0 saturated heterocycles. The summed E-state index contributed by atoms with van der Waals surface area (Å²) in [4.78, 5) is 12.1. The number of fused-ring (bicyclic) bond motifs is 1. The van der Waals surface area contributed by atoms with E-state index in [4.69, 9.17) is 5.73 Å². The topological polar surface area (TPSA) is 55.1 Å². The summed E-state index contributed by atoms with van der Waals surface area (Å²) in [6.45, 7) is 0. The molecule has 0 bridgehead atoms. The summed E-state index contributed by atoms with van der Waals surface area (Å²) in [5.41, 5.74) is 6.71. The van der Waals surface area contributed by atoms with Crippen LogP contribution in [-0.2, 0) is 4.79 Å². The Bertz CT molecular complexity index is 612. The molecule has 1 aliphatic carbocycles. The molecule has 1 amide bonds. The lowest BCUT2D eigenvalue weighted by molar-refractivity contribution is -0.118. The zero-order valence-corrected chi connectivity index (χ0v) is 10.9. The van der Waals surface area contributed by atoms with Gasteiger partial charge in [-0.25, -0.2) is 0 Å². The van der Waals surface area contributed by atoms with Gasteiger partial charge in [-0.1, -0.05) is 36.4 Å². The van der Waals surface area contributed by atoms with E-state index in [9.17, 15) is 4.79 Å². The van der Waals surface area contributed by atoms with E-state index < -0.39 is 0 Å². The minimum atomic E-state index is -0.269. The number of carbonyl (C=O) groups is 1. The molecule has 1 saturated carbocycles. The summed E-state index contributed by atoms with van der Waals surface area (Å²) in [6, 6.07) is 14.0. The molecule has 1 aliphatic rings. The van der Waals surface area contributed by atoms with E-state index in [1.165, 1.54) is 0 Å². The van der Waals surface area contributed by atoms with Crippen molar-refractivity contribution in [3.8, 4) is 0 Å². The first-order valence-electron chi connectivity index (χ1n) is 6.73. The van der Waals surface area contributed by atoms with Crippen molar-refractivity contribution in [1.82, 2.24) is 0 Å². The van der Waals surface area contributed by atoms with Gasteiger partial charge in [-0.2, -0.15) is 0 Å². The fourth-order valence-electron chi connectivity index (χ4n) is 2.66. The molecule has 3 heteroatoms. The Kier molecular flexibility index (Phi) is 2.99. The molecular weight excluding hydrogens is 236 g/mol. The maximum atomic E-state index is 12.1. The van der Waals surface area contributed by atoms with Crippen LogP contribution in [0.25, 0.3) is 10.8 Å². The van der Waals surface area contributed by atoms with Crippen molar-refractivity contribution in [1.29, 1.82) is 0 Å². The molecule has 3 N–H and O–H groups in total. The molecule has 0 heterocycles. The van der Waals surface area contributed by atoms with Gasteiger partial charge in [0, 0.05) is 23.0 Å². The Morgan fingerprint density at radius 2 is 1.89 bits per heavy atom. The van der Waals surface area contributed by atoms with Gasteiger partial charge in [0.25, 0.3) is 0 Å². The molecule has 0 aliphatic heterocycles. The predicted octanol–water partition coefficient (Wildman–Crippen LogP) is 3.05. The van der Waals surface area contributed by atoms with Crippen molar-refractivity contribution in [3.05, 3.63) is 42.5 Å². The Hall–Kier alpha value is -1.87. The number of carbonyl (C=O) groups excluding carboxylic acids is 1. The summed E-state index contributed by atoms with van der Waals surface area (Å²) >= 11 is 0. The van der Waals surface area contributed by atoms with Crippen molar-refractivity contribution >= 4 is 22.4 Å².